The monoisotopic (exact) mass is 257 g/mol. The molecule has 2 fully saturated rings. The molecule has 1 aromatic carbocycles. The van der Waals surface area contributed by atoms with E-state index in [4.69, 9.17) is 5.11 Å². The maximum absolute atomic E-state index is 12.5. The Balaban J connectivity index is 1.64. The summed E-state index contributed by atoms with van der Waals surface area (Å²) >= 11 is 0. The largest absolute Gasteiger partial charge is 0.481 e. The number of carbonyl (C=O) groups excluding carboxylic acids is 1. The molecule has 0 bridgehead atoms. The lowest BCUT2D eigenvalue weighted by atomic mass is 9.99. The highest BCUT2D eigenvalue weighted by Gasteiger charge is 2.56. The summed E-state index contributed by atoms with van der Waals surface area (Å²) in [6.45, 7) is 0.744. The number of benzene rings is 1. The summed E-state index contributed by atoms with van der Waals surface area (Å²) in [4.78, 5) is 25.2. The number of carboxylic acids is 1. The first-order valence-corrected chi connectivity index (χ1v) is 6.76. The average Bonchev–Trinajstić information content (AvgIpc) is 3.28. The van der Waals surface area contributed by atoms with Crippen molar-refractivity contribution in [3.63, 3.8) is 0 Å². The predicted molar refractivity (Wildman–Crippen MR) is 68.9 cm³/mol. The Morgan fingerprint density at radius 3 is 2.58 bits per heavy atom. The molecule has 1 amide bonds. The molecule has 1 heterocycles. The molecule has 1 N–H and O–H groups in total. The molecule has 19 heavy (non-hydrogen) atoms. The minimum atomic E-state index is -0.841. The summed E-state index contributed by atoms with van der Waals surface area (Å²) in [5, 5.41) is 8.95. The van der Waals surface area contributed by atoms with Crippen LogP contribution in [0.25, 0.3) is 0 Å². The Morgan fingerprint density at radius 2 is 1.95 bits per heavy atom. The van der Waals surface area contributed by atoms with Crippen LogP contribution in [0.2, 0.25) is 0 Å². The van der Waals surface area contributed by atoms with Crippen molar-refractivity contribution < 1.29 is 14.7 Å². The Morgan fingerprint density at radius 1 is 1.21 bits per heavy atom. The first kappa shape index (κ1) is 11.0. The molecular formula is C15H15NO3. The van der Waals surface area contributed by atoms with Crippen LogP contribution in [0.1, 0.15) is 24.8 Å². The molecule has 0 unspecified atom stereocenters. The van der Waals surface area contributed by atoms with Crippen LogP contribution in [-0.2, 0) is 15.0 Å². The van der Waals surface area contributed by atoms with E-state index < -0.39 is 11.9 Å². The van der Waals surface area contributed by atoms with Crippen LogP contribution < -0.4 is 4.90 Å². The van der Waals surface area contributed by atoms with E-state index in [9.17, 15) is 9.59 Å². The number of hydrogen-bond acceptors (Lipinski definition) is 2. The van der Waals surface area contributed by atoms with E-state index >= 15 is 0 Å². The van der Waals surface area contributed by atoms with Crippen molar-refractivity contribution >= 4 is 17.6 Å². The number of amides is 1. The quantitative estimate of drug-likeness (QED) is 0.878. The van der Waals surface area contributed by atoms with Gasteiger partial charge in [-0.1, -0.05) is 18.2 Å². The second-order valence-electron chi connectivity index (χ2n) is 6.01. The first-order valence-electron chi connectivity index (χ1n) is 6.76. The second kappa shape index (κ2) is 3.38. The van der Waals surface area contributed by atoms with E-state index in [1.54, 1.807) is 0 Å². The Hall–Kier alpha value is -1.84. The highest BCUT2D eigenvalue weighted by Crippen LogP contribution is 2.57. The summed E-state index contributed by atoms with van der Waals surface area (Å²) in [5.41, 5.74) is 2.46. The van der Waals surface area contributed by atoms with Gasteiger partial charge in [-0.3, -0.25) is 9.59 Å². The summed E-state index contributed by atoms with van der Waals surface area (Å²) in [6.07, 6.45) is 2.78. The normalized spacial score (nSPS) is 29.2. The fraction of sp³-hybridized carbons (Fsp3) is 0.467. The van der Waals surface area contributed by atoms with Crippen molar-refractivity contribution in [3.8, 4) is 0 Å². The highest BCUT2D eigenvalue weighted by molar-refractivity contribution is 6.02. The van der Waals surface area contributed by atoms with E-state index in [1.165, 1.54) is 5.56 Å². The Bertz CT molecular complexity index is 591. The number of carboxylic acid groups (broad SMARTS) is 1. The van der Waals surface area contributed by atoms with Gasteiger partial charge in [0.2, 0.25) is 5.91 Å². The maximum Gasteiger partial charge on any atom is 0.307 e. The van der Waals surface area contributed by atoms with Gasteiger partial charge in [-0.15, -0.1) is 0 Å². The third-order valence-corrected chi connectivity index (χ3v) is 4.77. The number of aliphatic carboxylic acids is 1. The van der Waals surface area contributed by atoms with Crippen LogP contribution >= 0.6 is 0 Å². The lowest BCUT2D eigenvalue weighted by Gasteiger charge is -2.17. The van der Waals surface area contributed by atoms with Crippen molar-refractivity contribution in [1.82, 2.24) is 0 Å². The zero-order chi connectivity index (χ0) is 13.2. The molecule has 2 atom stereocenters. The number of nitrogens with zero attached hydrogens (tertiary/aromatic N) is 1. The second-order valence-corrected chi connectivity index (χ2v) is 6.01. The molecule has 0 radical (unpaired) electrons. The molecule has 1 spiro atoms. The van der Waals surface area contributed by atoms with E-state index in [1.807, 2.05) is 23.1 Å². The molecule has 1 aliphatic heterocycles. The molecule has 0 saturated heterocycles. The van der Waals surface area contributed by atoms with Crippen molar-refractivity contribution in [2.24, 2.45) is 11.8 Å². The Kier molecular flexibility index (Phi) is 1.96. The number of para-hydroxylation sites is 1. The lowest BCUT2D eigenvalue weighted by Crippen LogP contribution is -2.33. The van der Waals surface area contributed by atoms with Crippen molar-refractivity contribution in [3.05, 3.63) is 29.8 Å². The van der Waals surface area contributed by atoms with E-state index in [0.717, 1.165) is 25.1 Å². The minimum Gasteiger partial charge on any atom is -0.481 e. The van der Waals surface area contributed by atoms with Gasteiger partial charge in [0.1, 0.15) is 0 Å². The third-order valence-electron chi connectivity index (χ3n) is 4.77. The topological polar surface area (TPSA) is 57.6 Å². The zero-order valence-electron chi connectivity index (χ0n) is 10.5. The summed E-state index contributed by atoms with van der Waals surface area (Å²) in [6, 6.07) is 8.06. The number of anilines is 1. The van der Waals surface area contributed by atoms with Gasteiger partial charge < -0.3 is 10.0 Å². The van der Waals surface area contributed by atoms with Crippen LogP contribution in [0.3, 0.4) is 0 Å². The molecule has 2 aliphatic carbocycles. The van der Waals surface area contributed by atoms with E-state index in [-0.39, 0.29) is 17.2 Å². The van der Waals surface area contributed by atoms with Gasteiger partial charge in [-0.05, 0) is 30.9 Å². The molecule has 3 aliphatic rings. The van der Waals surface area contributed by atoms with Crippen molar-refractivity contribution in [2.75, 3.05) is 11.4 Å². The van der Waals surface area contributed by atoms with Crippen LogP contribution in [-0.4, -0.2) is 23.5 Å². The highest BCUT2D eigenvalue weighted by atomic mass is 16.4. The van der Waals surface area contributed by atoms with E-state index in [0.29, 0.717) is 6.42 Å². The van der Waals surface area contributed by atoms with Gasteiger partial charge in [0.05, 0.1) is 11.8 Å². The van der Waals surface area contributed by atoms with Crippen LogP contribution in [0, 0.1) is 11.8 Å². The summed E-state index contributed by atoms with van der Waals surface area (Å²) < 4.78 is 0. The standard InChI is InChI=1S/C15H15NO3/c17-13(9-7-10(9)14(18)19)16-8-15(5-6-15)11-3-1-2-4-12(11)16/h1-4,9-10H,5-8H2,(H,18,19)/t9-,10-/m0/s1. The summed E-state index contributed by atoms with van der Waals surface area (Å²) in [5.74, 6) is -1.61. The van der Waals surface area contributed by atoms with Crippen molar-refractivity contribution in [1.29, 1.82) is 0 Å². The first-order chi connectivity index (χ1) is 9.12. The number of hydrogen-bond donors (Lipinski definition) is 1. The molecular weight excluding hydrogens is 242 g/mol. The number of rotatable bonds is 2. The minimum absolute atomic E-state index is 0.00336. The lowest BCUT2D eigenvalue weighted by molar-refractivity contribution is -0.140. The molecule has 2 saturated carbocycles. The maximum atomic E-state index is 12.5. The fourth-order valence-electron chi connectivity index (χ4n) is 3.35. The molecule has 1 aromatic rings. The molecule has 98 valence electrons. The van der Waals surface area contributed by atoms with Gasteiger partial charge in [0, 0.05) is 17.6 Å². The molecule has 4 heteroatoms. The molecule has 0 aromatic heterocycles. The zero-order valence-corrected chi connectivity index (χ0v) is 10.5. The predicted octanol–water partition coefficient (Wildman–Crippen LogP) is 1.79. The van der Waals surface area contributed by atoms with Crippen LogP contribution in [0.5, 0.6) is 0 Å². The van der Waals surface area contributed by atoms with Gasteiger partial charge in [0.25, 0.3) is 0 Å². The number of carbonyl (C=O) groups is 2. The van der Waals surface area contributed by atoms with Crippen molar-refractivity contribution in [2.45, 2.75) is 24.7 Å². The number of fused-ring (bicyclic) bond motifs is 2. The van der Waals surface area contributed by atoms with Gasteiger partial charge in [-0.25, -0.2) is 0 Å². The van der Waals surface area contributed by atoms with Gasteiger partial charge in [-0.2, -0.15) is 0 Å². The fourth-order valence-corrected chi connectivity index (χ4v) is 3.35. The molecule has 4 nitrogen and oxygen atoms in total. The Labute approximate surface area is 111 Å². The van der Waals surface area contributed by atoms with Crippen LogP contribution in [0.15, 0.2) is 24.3 Å². The summed E-state index contributed by atoms with van der Waals surface area (Å²) in [7, 11) is 0. The average molecular weight is 257 g/mol. The van der Waals surface area contributed by atoms with Gasteiger partial charge in [0.15, 0.2) is 0 Å². The third kappa shape index (κ3) is 1.46. The van der Waals surface area contributed by atoms with Gasteiger partial charge >= 0.3 is 5.97 Å². The van der Waals surface area contributed by atoms with E-state index in [2.05, 4.69) is 6.07 Å². The SMILES string of the molecule is O=C(O)[C@H]1C[C@@H]1C(=O)N1CC2(CC2)c2ccccc21. The van der Waals surface area contributed by atoms with Crippen LogP contribution in [0.4, 0.5) is 5.69 Å². The smallest absolute Gasteiger partial charge is 0.307 e. The molecule has 4 rings (SSSR count).